The number of nitrogen functional groups attached to an aromatic ring is 1. The number of benzene rings is 1. The number of carbonyl (C=O) groups is 1. The van der Waals surface area contributed by atoms with Crippen LogP contribution in [-0.4, -0.2) is 30.6 Å². The normalized spacial score (nSPS) is 10.7. The van der Waals surface area contributed by atoms with E-state index in [2.05, 4.69) is 6.92 Å². The average molecular weight is 264 g/mol. The molecule has 0 fully saturated rings. The van der Waals surface area contributed by atoms with Crippen molar-refractivity contribution in [2.75, 3.05) is 25.4 Å². The number of rotatable bonds is 8. The molecule has 0 aromatic heterocycles. The van der Waals surface area contributed by atoms with Crippen molar-refractivity contribution in [1.29, 1.82) is 0 Å². The summed E-state index contributed by atoms with van der Waals surface area (Å²) >= 11 is 0. The third-order valence-corrected chi connectivity index (χ3v) is 3.01. The molecule has 0 radical (unpaired) electrons. The molecule has 0 unspecified atom stereocenters. The lowest BCUT2D eigenvalue weighted by molar-refractivity contribution is -0.145. The first-order valence-corrected chi connectivity index (χ1v) is 6.88. The van der Waals surface area contributed by atoms with Crippen molar-refractivity contribution in [3.63, 3.8) is 0 Å². The maximum atomic E-state index is 11.7. The molecular formula is C15H24N2O2. The van der Waals surface area contributed by atoms with Crippen molar-refractivity contribution < 1.29 is 9.53 Å². The Hall–Kier alpha value is -1.55. The molecule has 1 rings (SSSR count). The van der Waals surface area contributed by atoms with Gasteiger partial charge in [0.25, 0.3) is 0 Å². The van der Waals surface area contributed by atoms with Gasteiger partial charge in [-0.25, -0.2) is 0 Å². The van der Waals surface area contributed by atoms with Crippen LogP contribution in [0.3, 0.4) is 0 Å². The lowest BCUT2D eigenvalue weighted by Gasteiger charge is -2.20. The summed E-state index contributed by atoms with van der Waals surface area (Å²) in [6, 6.07) is 7.73. The number of carbonyl (C=O) groups excluding carboxylic acids is 1. The van der Waals surface area contributed by atoms with E-state index in [1.165, 1.54) is 0 Å². The largest absolute Gasteiger partial charge is 0.465 e. The fraction of sp³-hybridized carbons (Fsp3) is 0.533. The lowest BCUT2D eigenvalue weighted by Crippen LogP contribution is -2.30. The van der Waals surface area contributed by atoms with Gasteiger partial charge in [0.15, 0.2) is 0 Å². The van der Waals surface area contributed by atoms with Crippen LogP contribution < -0.4 is 5.73 Å². The molecule has 0 aliphatic heterocycles. The number of likely N-dealkylation sites (N-methyl/N-ethyl adjacent to an activating group) is 1. The summed E-state index contributed by atoms with van der Waals surface area (Å²) in [5.41, 5.74) is 7.72. The van der Waals surface area contributed by atoms with Gasteiger partial charge < -0.3 is 10.5 Å². The van der Waals surface area contributed by atoms with Gasteiger partial charge in [-0.05, 0) is 24.6 Å². The number of hydrogen-bond donors (Lipinski definition) is 1. The van der Waals surface area contributed by atoms with Gasteiger partial charge in [-0.2, -0.15) is 0 Å². The van der Waals surface area contributed by atoms with Gasteiger partial charge in [-0.3, -0.25) is 9.69 Å². The van der Waals surface area contributed by atoms with Gasteiger partial charge in [-0.15, -0.1) is 0 Å². The number of nitrogens with two attached hydrogens (primary N) is 1. The fourth-order valence-corrected chi connectivity index (χ4v) is 1.76. The molecule has 0 amide bonds. The zero-order valence-electron chi connectivity index (χ0n) is 11.9. The van der Waals surface area contributed by atoms with E-state index >= 15 is 0 Å². The standard InChI is InChI=1S/C15H24N2O2/c1-3-5-10-19-15(18)12-17(4-2)11-13-8-6-7-9-14(13)16/h6-9H,3-5,10-12,16H2,1-2H3. The summed E-state index contributed by atoms with van der Waals surface area (Å²) in [5.74, 6) is -0.162. The Morgan fingerprint density at radius 2 is 2.05 bits per heavy atom. The predicted molar refractivity (Wildman–Crippen MR) is 77.7 cm³/mol. The number of nitrogens with zero attached hydrogens (tertiary/aromatic N) is 1. The number of ether oxygens (including phenoxy) is 1. The number of esters is 1. The topological polar surface area (TPSA) is 55.6 Å². The van der Waals surface area contributed by atoms with Gasteiger partial charge >= 0.3 is 5.97 Å². The molecule has 1 aromatic rings. The summed E-state index contributed by atoms with van der Waals surface area (Å²) in [6.07, 6.45) is 1.95. The molecule has 0 saturated heterocycles. The first kappa shape index (κ1) is 15.5. The second-order valence-electron chi connectivity index (χ2n) is 4.58. The van der Waals surface area contributed by atoms with Gasteiger partial charge in [-0.1, -0.05) is 38.5 Å². The molecule has 106 valence electrons. The van der Waals surface area contributed by atoms with Crippen LogP contribution in [0.5, 0.6) is 0 Å². The van der Waals surface area contributed by atoms with Crippen LogP contribution in [-0.2, 0) is 16.1 Å². The molecule has 0 atom stereocenters. The number of unbranched alkanes of at least 4 members (excludes halogenated alkanes) is 1. The van der Waals surface area contributed by atoms with E-state index < -0.39 is 0 Å². The van der Waals surface area contributed by atoms with Crippen molar-refractivity contribution in [3.8, 4) is 0 Å². The van der Waals surface area contributed by atoms with Crippen LogP contribution in [0.4, 0.5) is 5.69 Å². The number of hydrogen-bond acceptors (Lipinski definition) is 4. The fourth-order valence-electron chi connectivity index (χ4n) is 1.76. The Labute approximate surface area is 115 Å². The Bertz CT molecular complexity index is 393. The van der Waals surface area contributed by atoms with Gasteiger partial charge in [0, 0.05) is 12.2 Å². The van der Waals surface area contributed by atoms with E-state index in [1.54, 1.807) is 0 Å². The van der Waals surface area contributed by atoms with Crippen molar-refractivity contribution >= 4 is 11.7 Å². The van der Waals surface area contributed by atoms with Gasteiger partial charge in [0.1, 0.15) is 0 Å². The number of para-hydroxylation sites is 1. The van der Waals surface area contributed by atoms with Crippen molar-refractivity contribution in [2.45, 2.75) is 33.2 Å². The van der Waals surface area contributed by atoms with Crippen molar-refractivity contribution in [2.24, 2.45) is 0 Å². The Balaban J connectivity index is 2.45. The summed E-state index contributed by atoms with van der Waals surface area (Å²) in [4.78, 5) is 13.7. The van der Waals surface area contributed by atoms with E-state index in [1.807, 2.05) is 36.1 Å². The molecule has 0 heterocycles. The minimum Gasteiger partial charge on any atom is -0.465 e. The minimum absolute atomic E-state index is 0.162. The maximum Gasteiger partial charge on any atom is 0.320 e. The summed E-state index contributed by atoms with van der Waals surface area (Å²) < 4.78 is 5.17. The Morgan fingerprint density at radius 3 is 2.68 bits per heavy atom. The molecule has 1 aromatic carbocycles. The smallest absolute Gasteiger partial charge is 0.320 e. The van der Waals surface area contributed by atoms with Crippen LogP contribution in [0.25, 0.3) is 0 Å². The van der Waals surface area contributed by atoms with E-state index in [4.69, 9.17) is 10.5 Å². The van der Waals surface area contributed by atoms with Gasteiger partial charge in [0.2, 0.25) is 0 Å². The second-order valence-corrected chi connectivity index (χ2v) is 4.58. The minimum atomic E-state index is -0.162. The SMILES string of the molecule is CCCCOC(=O)CN(CC)Cc1ccccc1N. The highest BCUT2D eigenvalue weighted by atomic mass is 16.5. The van der Waals surface area contributed by atoms with E-state index in [9.17, 15) is 4.79 Å². The molecule has 4 nitrogen and oxygen atoms in total. The summed E-state index contributed by atoms with van der Waals surface area (Å²) in [7, 11) is 0. The lowest BCUT2D eigenvalue weighted by atomic mass is 10.1. The molecule has 0 aliphatic carbocycles. The summed E-state index contributed by atoms with van der Waals surface area (Å²) in [6.45, 7) is 6.39. The maximum absolute atomic E-state index is 11.7. The summed E-state index contributed by atoms with van der Waals surface area (Å²) in [5, 5.41) is 0. The van der Waals surface area contributed by atoms with Crippen LogP contribution in [0.15, 0.2) is 24.3 Å². The monoisotopic (exact) mass is 264 g/mol. The third kappa shape index (κ3) is 5.75. The highest BCUT2D eigenvalue weighted by Crippen LogP contribution is 2.13. The molecule has 19 heavy (non-hydrogen) atoms. The average Bonchev–Trinajstić information content (AvgIpc) is 2.40. The van der Waals surface area contributed by atoms with Gasteiger partial charge in [0.05, 0.1) is 13.2 Å². The highest BCUT2D eigenvalue weighted by molar-refractivity contribution is 5.71. The molecule has 4 heteroatoms. The molecule has 0 aliphatic rings. The van der Waals surface area contributed by atoms with Crippen LogP contribution in [0.1, 0.15) is 32.3 Å². The Kier molecular flexibility index (Phi) is 6.97. The van der Waals surface area contributed by atoms with E-state index in [-0.39, 0.29) is 5.97 Å². The number of anilines is 1. The van der Waals surface area contributed by atoms with E-state index in [0.29, 0.717) is 19.7 Å². The highest BCUT2D eigenvalue weighted by Gasteiger charge is 2.11. The first-order valence-electron chi connectivity index (χ1n) is 6.88. The predicted octanol–water partition coefficient (Wildman–Crippen LogP) is 2.43. The third-order valence-electron chi connectivity index (χ3n) is 3.01. The molecular weight excluding hydrogens is 240 g/mol. The van der Waals surface area contributed by atoms with E-state index in [0.717, 1.165) is 30.6 Å². The first-order chi connectivity index (χ1) is 9.17. The van der Waals surface area contributed by atoms with Crippen molar-refractivity contribution in [3.05, 3.63) is 29.8 Å². The zero-order chi connectivity index (χ0) is 14.1. The molecule has 0 bridgehead atoms. The van der Waals surface area contributed by atoms with Crippen LogP contribution >= 0.6 is 0 Å². The van der Waals surface area contributed by atoms with Crippen molar-refractivity contribution in [1.82, 2.24) is 4.90 Å². The Morgan fingerprint density at radius 1 is 1.32 bits per heavy atom. The van der Waals surface area contributed by atoms with Crippen LogP contribution in [0.2, 0.25) is 0 Å². The second kappa shape index (κ2) is 8.53. The quantitative estimate of drug-likeness (QED) is 0.445. The molecule has 0 saturated carbocycles. The zero-order valence-corrected chi connectivity index (χ0v) is 11.9. The molecule has 0 spiro atoms. The molecule has 2 N–H and O–H groups in total. The van der Waals surface area contributed by atoms with Crippen LogP contribution in [0, 0.1) is 0 Å².